The predicted molar refractivity (Wildman–Crippen MR) is 81.8 cm³/mol. The van der Waals surface area contributed by atoms with Crippen LogP contribution in [0.15, 0.2) is 23.1 Å². The van der Waals surface area contributed by atoms with E-state index in [1.54, 1.807) is 12.1 Å². The lowest BCUT2D eigenvalue weighted by molar-refractivity contribution is 0.592. The smallest absolute Gasteiger partial charge is 0.175 e. The number of nitrogens with one attached hydrogen (secondary N) is 1. The van der Waals surface area contributed by atoms with Gasteiger partial charge in [-0.15, -0.1) is 0 Å². The summed E-state index contributed by atoms with van der Waals surface area (Å²) in [4.78, 5) is 0.296. The number of rotatable bonds is 7. The minimum absolute atomic E-state index is 0.296. The van der Waals surface area contributed by atoms with Crippen molar-refractivity contribution >= 4 is 27.1 Å². The summed E-state index contributed by atoms with van der Waals surface area (Å²) in [5, 5.41) is 3.91. The summed E-state index contributed by atoms with van der Waals surface area (Å²) in [6.45, 7) is 4.27. The van der Waals surface area contributed by atoms with Crippen molar-refractivity contribution in [3.05, 3.63) is 23.2 Å². The molecule has 0 spiro atoms. The van der Waals surface area contributed by atoms with Gasteiger partial charge in [-0.05, 0) is 31.0 Å². The van der Waals surface area contributed by atoms with Crippen molar-refractivity contribution < 1.29 is 8.42 Å². The fraction of sp³-hybridized carbons (Fsp3) is 0.571. The van der Waals surface area contributed by atoms with Crippen LogP contribution in [0.5, 0.6) is 0 Å². The Balaban J connectivity index is 2.93. The Morgan fingerprint density at radius 1 is 1.32 bits per heavy atom. The van der Waals surface area contributed by atoms with Gasteiger partial charge >= 0.3 is 0 Å². The van der Waals surface area contributed by atoms with Crippen LogP contribution in [0.3, 0.4) is 0 Å². The van der Waals surface area contributed by atoms with E-state index >= 15 is 0 Å². The first kappa shape index (κ1) is 16.3. The molecule has 0 fully saturated rings. The number of hydrogen-bond donors (Lipinski definition) is 1. The van der Waals surface area contributed by atoms with E-state index in [9.17, 15) is 8.42 Å². The molecule has 0 radical (unpaired) electrons. The highest BCUT2D eigenvalue weighted by molar-refractivity contribution is 7.90. The highest BCUT2D eigenvalue weighted by atomic mass is 35.5. The summed E-state index contributed by atoms with van der Waals surface area (Å²) in [6.07, 6.45) is 5.55. The molecule has 0 bridgehead atoms. The van der Waals surface area contributed by atoms with Crippen LogP contribution >= 0.6 is 11.6 Å². The van der Waals surface area contributed by atoms with Gasteiger partial charge in [-0.1, -0.05) is 38.3 Å². The molecule has 108 valence electrons. The van der Waals surface area contributed by atoms with Crippen LogP contribution in [-0.4, -0.2) is 20.7 Å². The summed E-state index contributed by atoms with van der Waals surface area (Å²) in [7, 11) is -3.20. The van der Waals surface area contributed by atoms with E-state index in [1.807, 2.05) is 0 Å². The summed E-state index contributed by atoms with van der Waals surface area (Å²) in [5.41, 5.74) is 0.701. The van der Waals surface area contributed by atoms with Gasteiger partial charge in [-0.25, -0.2) is 8.42 Å². The quantitative estimate of drug-likeness (QED) is 0.824. The van der Waals surface area contributed by atoms with Crippen molar-refractivity contribution in [2.45, 2.75) is 50.5 Å². The van der Waals surface area contributed by atoms with E-state index in [0.717, 1.165) is 25.7 Å². The molecule has 5 heteroatoms. The molecule has 1 atom stereocenters. The zero-order valence-electron chi connectivity index (χ0n) is 11.7. The van der Waals surface area contributed by atoms with E-state index < -0.39 is 9.84 Å². The minimum Gasteiger partial charge on any atom is -0.381 e. The van der Waals surface area contributed by atoms with E-state index in [1.165, 1.54) is 12.3 Å². The molecule has 0 saturated heterocycles. The average molecular weight is 304 g/mol. The molecule has 1 aromatic rings. The standard InChI is InChI=1S/C14H22ClNO2S/c1-4-6-7-11(5-2)16-14-10-12(19(3,17)18)8-9-13(14)15/h8-11,16H,4-7H2,1-3H3. The van der Waals surface area contributed by atoms with Gasteiger partial charge in [-0.3, -0.25) is 0 Å². The van der Waals surface area contributed by atoms with Crippen LogP contribution < -0.4 is 5.32 Å². The molecule has 0 aliphatic heterocycles. The third kappa shape index (κ3) is 5.03. The fourth-order valence-electron chi connectivity index (χ4n) is 1.89. The van der Waals surface area contributed by atoms with Gasteiger partial charge < -0.3 is 5.32 Å². The molecular formula is C14H22ClNO2S. The van der Waals surface area contributed by atoms with E-state index in [4.69, 9.17) is 11.6 Å². The molecule has 0 aromatic heterocycles. The second kappa shape index (κ2) is 7.15. The molecule has 1 aromatic carbocycles. The summed E-state index contributed by atoms with van der Waals surface area (Å²) < 4.78 is 23.1. The second-order valence-electron chi connectivity index (χ2n) is 4.81. The fourth-order valence-corrected chi connectivity index (χ4v) is 2.71. The van der Waals surface area contributed by atoms with E-state index in [-0.39, 0.29) is 0 Å². The van der Waals surface area contributed by atoms with Crippen molar-refractivity contribution in [1.82, 2.24) is 0 Å². The zero-order valence-corrected chi connectivity index (χ0v) is 13.3. The molecule has 1 N–H and O–H groups in total. The maximum Gasteiger partial charge on any atom is 0.175 e. The summed E-state index contributed by atoms with van der Waals surface area (Å²) in [5.74, 6) is 0. The molecule has 1 unspecified atom stereocenters. The zero-order chi connectivity index (χ0) is 14.5. The monoisotopic (exact) mass is 303 g/mol. The van der Waals surface area contributed by atoms with Crippen molar-refractivity contribution in [2.24, 2.45) is 0 Å². The van der Waals surface area contributed by atoms with Gasteiger partial charge in [0.05, 0.1) is 15.6 Å². The van der Waals surface area contributed by atoms with Crippen molar-refractivity contribution in [3.63, 3.8) is 0 Å². The number of hydrogen-bond acceptors (Lipinski definition) is 3. The van der Waals surface area contributed by atoms with E-state index in [2.05, 4.69) is 19.2 Å². The number of unbranched alkanes of at least 4 members (excludes halogenated alkanes) is 1. The molecular weight excluding hydrogens is 282 g/mol. The molecule has 1 rings (SSSR count). The topological polar surface area (TPSA) is 46.2 Å². The first-order chi connectivity index (χ1) is 8.88. The largest absolute Gasteiger partial charge is 0.381 e. The lowest BCUT2D eigenvalue weighted by Gasteiger charge is -2.19. The van der Waals surface area contributed by atoms with Gasteiger partial charge in [0.15, 0.2) is 9.84 Å². The summed E-state index contributed by atoms with van der Waals surface area (Å²) in [6, 6.07) is 5.11. The highest BCUT2D eigenvalue weighted by Gasteiger charge is 2.12. The highest BCUT2D eigenvalue weighted by Crippen LogP contribution is 2.27. The van der Waals surface area contributed by atoms with Crippen molar-refractivity contribution in [2.75, 3.05) is 11.6 Å². The van der Waals surface area contributed by atoms with Gasteiger partial charge in [0.25, 0.3) is 0 Å². The lowest BCUT2D eigenvalue weighted by Crippen LogP contribution is -2.18. The Morgan fingerprint density at radius 3 is 2.53 bits per heavy atom. The number of benzene rings is 1. The van der Waals surface area contributed by atoms with Gasteiger partial charge in [-0.2, -0.15) is 0 Å². The average Bonchev–Trinajstić information content (AvgIpc) is 2.35. The molecule has 0 heterocycles. The van der Waals surface area contributed by atoms with Crippen LogP contribution in [0, 0.1) is 0 Å². The third-order valence-electron chi connectivity index (χ3n) is 3.12. The van der Waals surface area contributed by atoms with Crippen molar-refractivity contribution in [1.29, 1.82) is 0 Å². The normalized spacial score (nSPS) is 13.3. The molecule has 0 aliphatic carbocycles. The van der Waals surface area contributed by atoms with Crippen LogP contribution in [0.2, 0.25) is 5.02 Å². The van der Waals surface area contributed by atoms with Crippen LogP contribution in [0.25, 0.3) is 0 Å². The van der Waals surface area contributed by atoms with Gasteiger partial charge in [0, 0.05) is 12.3 Å². The van der Waals surface area contributed by atoms with Crippen molar-refractivity contribution in [3.8, 4) is 0 Å². The lowest BCUT2D eigenvalue weighted by atomic mass is 10.1. The molecule has 0 saturated carbocycles. The number of sulfone groups is 1. The first-order valence-corrected chi connectivity index (χ1v) is 8.91. The third-order valence-corrected chi connectivity index (χ3v) is 4.56. The Kier molecular flexibility index (Phi) is 6.14. The molecule has 19 heavy (non-hydrogen) atoms. The molecule has 3 nitrogen and oxygen atoms in total. The Bertz CT molecular complexity index is 514. The molecule has 0 amide bonds. The molecule has 0 aliphatic rings. The predicted octanol–water partition coefficient (Wildman–Crippen LogP) is 4.12. The maximum atomic E-state index is 11.6. The van der Waals surface area contributed by atoms with Gasteiger partial charge in [0.1, 0.15) is 0 Å². The SMILES string of the molecule is CCCCC(CC)Nc1cc(S(C)(=O)=O)ccc1Cl. The maximum absolute atomic E-state index is 11.6. The Labute approximate surface area is 121 Å². The Morgan fingerprint density at radius 2 is 2.00 bits per heavy atom. The van der Waals surface area contributed by atoms with Crippen LogP contribution in [-0.2, 0) is 9.84 Å². The number of anilines is 1. The summed E-state index contributed by atoms with van der Waals surface area (Å²) >= 11 is 6.12. The van der Waals surface area contributed by atoms with Crippen LogP contribution in [0.1, 0.15) is 39.5 Å². The van der Waals surface area contributed by atoms with Gasteiger partial charge in [0.2, 0.25) is 0 Å². The minimum atomic E-state index is -3.20. The van der Waals surface area contributed by atoms with Crippen LogP contribution in [0.4, 0.5) is 5.69 Å². The second-order valence-corrected chi connectivity index (χ2v) is 7.23. The number of halogens is 1. The first-order valence-electron chi connectivity index (χ1n) is 6.64. The van der Waals surface area contributed by atoms with E-state index in [0.29, 0.717) is 21.6 Å². The Hall–Kier alpha value is -0.740.